The maximum atomic E-state index is 12.3. The number of nitrogens with zero attached hydrogens (tertiary/aromatic N) is 3. The minimum atomic E-state index is -0.527. The standard InChI is InChI=1S/C17H23N3O5/c1-17(2,3)25-16(22)19-9-13-7-14(19)8-18(13)15-5-4-12(20(23)24)6-11(15)10-21/h4-6,13-14,21H,7-10H2,1-3H3. The number of carbonyl (C=O) groups is 1. The molecular weight excluding hydrogens is 326 g/mol. The van der Waals surface area contributed by atoms with Crippen molar-refractivity contribution in [1.29, 1.82) is 0 Å². The normalized spacial score (nSPS) is 22.4. The monoisotopic (exact) mass is 349 g/mol. The largest absolute Gasteiger partial charge is 0.444 e. The molecule has 136 valence electrons. The van der Waals surface area contributed by atoms with Crippen molar-refractivity contribution in [2.24, 2.45) is 0 Å². The maximum absolute atomic E-state index is 12.3. The Morgan fingerprint density at radius 3 is 2.60 bits per heavy atom. The molecule has 25 heavy (non-hydrogen) atoms. The van der Waals surface area contributed by atoms with Crippen molar-refractivity contribution in [3.8, 4) is 0 Å². The van der Waals surface area contributed by atoms with E-state index in [9.17, 15) is 20.0 Å². The summed E-state index contributed by atoms with van der Waals surface area (Å²) in [5.41, 5.74) is 0.767. The molecule has 2 fully saturated rings. The van der Waals surface area contributed by atoms with Crippen LogP contribution in [0, 0.1) is 10.1 Å². The van der Waals surface area contributed by atoms with Crippen LogP contribution in [0.2, 0.25) is 0 Å². The third-order valence-electron chi connectivity index (χ3n) is 4.62. The second-order valence-corrected chi connectivity index (χ2v) is 7.56. The fraction of sp³-hybridized carbons (Fsp3) is 0.588. The van der Waals surface area contributed by atoms with Gasteiger partial charge >= 0.3 is 6.09 Å². The van der Waals surface area contributed by atoms with Gasteiger partial charge in [0.05, 0.1) is 17.6 Å². The number of carbonyl (C=O) groups excluding carboxylic acids is 1. The highest BCUT2D eigenvalue weighted by atomic mass is 16.6. The summed E-state index contributed by atoms with van der Waals surface area (Å²) in [4.78, 5) is 26.6. The van der Waals surface area contributed by atoms with Gasteiger partial charge in [0.2, 0.25) is 0 Å². The summed E-state index contributed by atoms with van der Waals surface area (Å²) in [7, 11) is 0. The number of benzene rings is 1. The predicted octanol–water partition coefficient (Wildman–Crippen LogP) is 2.29. The molecule has 3 rings (SSSR count). The number of nitro benzene ring substituents is 1. The van der Waals surface area contributed by atoms with Crippen LogP contribution in [0.4, 0.5) is 16.2 Å². The summed E-state index contributed by atoms with van der Waals surface area (Å²) in [6, 6.07) is 4.73. The van der Waals surface area contributed by atoms with Crippen LogP contribution in [0.5, 0.6) is 0 Å². The highest BCUT2D eigenvalue weighted by Crippen LogP contribution is 2.37. The van der Waals surface area contributed by atoms with E-state index in [2.05, 4.69) is 4.90 Å². The van der Waals surface area contributed by atoms with Gasteiger partial charge in [0.1, 0.15) is 5.60 Å². The minimum absolute atomic E-state index is 0.0347. The number of aliphatic hydroxyl groups excluding tert-OH is 1. The van der Waals surface area contributed by atoms with Gasteiger partial charge < -0.3 is 19.6 Å². The summed E-state index contributed by atoms with van der Waals surface area (Å²) in [6.45, 7) is 6.46. The Kier molecular flexibility index (Phi) is 4.32. The zero-order valence-corrected chi connectivity index (χ0v) is 14.6. The van der Waals surface area contributed by atoms with Gasteiger partial charge in [-0.3, -0.25) is 10.1 Å². The molecule has 1 amide bonds. The molecule has 2 aliphatic heterocycles. The third kappa shape index (κ3) is 3.39. The van der Waals surface area contributed by atoms with Gasteiger partial charge in [-0.25, -0.2) is 4.79 Å². The van der Waals surface area contributed by atoms with Crippen molar-refractivity contribution in [2.45, 2.75) is 51.5 Å². The maximum Gasteiger partial charge on any atom is 0.410 e. The first-order chi connectivity index (χ1) is 11.7. The molecule has 0 spiro atoms. The van der Waals surface area contributed by atoms with Crippen LogP contribution in [0.15, 0.2) is 18.2 Å². The zero-order valence-electron chi connectivity index (χ0n) is 14.6. The van der Waals surface area contributed by atoms with E-state index in [-0.39, 0.29) is 30.5 Å². The molecule has 0 saturated carbocycles. The van der Waals surface area contributed by atoms with Crippen LogP contribution in [-0.4, -0.2) is 51.8 Å². The molecule has 2 atom stereocenters. The summed E-state index contributed by atoms with van der Waals surface area (Å²) >= 11 is 0. The average molecular weight is 349 g/mol. The van der Waals surface area contributed by atoms with E-state index in [0.717, 1.165) is 12.1 Å². The summed E-state index contributed by atoms with van der Waals surface area (Å²) in [6.07, 6.45) is 0.534. The molecule has 1 N–H and O–H groups in total. The third-order valence-corrected chi connectivity index (χ3v) is 4.62. The number of hydrogen-bond acceptors (Lipinski definition) is 6. The molecule has 0 aromatic heterocycles. The highest BCUT2D eigenvalue weighted by molar-refractivity contribution is 5.71. The molecule has 2 heterocycles. The number of aliphatic hydroxyl groups is 1. The lowest BCUT2D eigenvalue weighted by Gasteiger charge is -2.37. The SMILES string of the molecule is CC(C)(C)OC(=O)N1CC2CC1CN2c1ccc([N+](=O)[O-])cc1CO. The molecule has 2 bridgehead atoms. The van der Waals surface area contributed by atoms with E-state index in [0.29, 0.717) is 18.7 Å². The van der Waals surface area contributed by atoms with E-state index in [4.69, 9.17) is 4.74 Å². The van der Waals surface area contributed by atoms with Crippen molar-refractivity contribution in [1.82, 2.24) is 4.90 Å². The second kappa shape index (κ2) is 6.18. The van der Waals surface area contributed by atoms with Crippen LogP contribution in [-0.2, 0) is 11.3 Å². The van der Waals surface area contributed by atoms with Gasteiger partial charge in [-0.2, -0.15) is 0 Å². The van der Waals surface area contributed by atoms with Crippen molar-refractivity contribution in [3.63, 3.8) is 0 Å². The first-order valence-corrected chi connectivity index (χ1v) is 8.34. The number of rotatable bonds is 3. The predicted molar refractivity (Wildman–Crippen MR) is 91.5 cm³/mol. The number of anilines is 1. The van der Waals surface area contributed by atoms with Gasteiger partial charge in [-0.05, 0) is 33.3 Å². The van der Waals surface area contributed by atoms with Gasteiger partial charge in [0, 0.05) is 42.5 Å². The Bertz CT molecular complexity index is 700. The molecule has 2 saturated heterocycles. The smallest absolute Gasteiger partial charge is 0.410 e. The molecule has 1 aromatic carbocycles. The second-order valence-electron chi connectivity index (χ2n) is 7.56. The molecular formula is C17H23N3O5. The Balaban J connectivity index is 1.75. The highest BCUT2D eigenvalue weighted by Gasteiger charge is 2.47. The molecule has 2 aliphatic rings. The van der Waals surface area contributed by atoms with Crippen LogP contribution in [0.25, 0.3) is 0 Å². The van der Waals surface area contributed by atoms with Crippen LogP contribution in [0.1, 0.15) is 32.8 Å². The number of ether oxygens (including phenoxy) is 1. The number of piperazine rings is 1. The lowest BCUT2D eigenvalue weighted by Crippen LogP contribution is -2.50. The number of likely N-dealkylation sites (tertiary alicyclic amines) is 1. The number of nitro groups is 1. The van der Waals surface area contributed by atoms with Crippen LogP contribution < -0.4 is 4.90 Å². The quantitative estimate of drug-likeness (QED) is 0.664. The number of non-ortho nitro benzene ring substituents is 1. The fourth-order valence-corrected chi connectivity index (χ4v) is 3.60. The van der Waals surface area contributed by atoms with Gasteiger partial charge in [0.25, 0.3) is 5.69 Å². The Morgan fingerprint density at radius 1 is 1.36 bits per heavy atom. The van der Waals surface area contributed by atoms with E-state index >= 15 is 0 Å². The van der Waals surface area contributed by atoms with Gasteiger partial charge in [-0.1, -0.05) is 0 Å². The lowest BCUT2D eigenvalue weighted by atomic mass is 10.1. The Hall–Kier alpha value is -2.35. The van der Waals surface area contributed by atoms with E-state index in [1.54, 1.807) is 11.0 Å². The summed E-state index contributed by atoms with van der Waals surface area (Å²) in [5.74, 6) is 0. The van der Waals surface area contributed by atoms with Crippen LogP contribution in [0.3, 0.4) is 0 Å². The van der Waals surface area contributed by atoms with Crippen LogP contribution >= 0.6 is 0 Å². The first kappa shape index (κ1) is 17.5. The van der Waals surface area contributed by atoms with Gasteiger partial charge in [0.15, 0.2) is 0 Å². The molecule has 0 aliphatic carbocycles. The van der Waals surface area contributed by atoms with Crippen molar-refractivity contribution >= 4 is 17.5 Å². The van der Waals surface area contributed by atoms with Crippen molar-refractivity contribution in [2.75, 3.05) is 18.0 Å². The van der Waals surface area contributed by atoms with Gasteiger partial charge in [-0.15, -0.1) is 0 Å². The van der Waals surface area contributed by atoms with E-state index in [1.807, 2.05) is 20.8 Å². The average Bonchev–Trinajstić information content (AvgIpc) is 3.12. The van der Waals surface area contributed by atoms with E-state index in [1.165, 1.54) is 12.1 Å². The summed E-state index contributed by atoms with van der Waals surface area (Å²) in [5, 5.41) is 20.5. The first-order valence-electron chi connectivity index (χ1n) is 8.34. The van der Waals surface area contributed by atoms with Crippen molar-refractivity contribution < 1.29 is 19.6 Å². The Labute approximate surface area is 146 Å². The topological polar surface area (TPSA) is 96.2 Å². The number of hydrogen-bond donors (Lipinski definition) is 1. The fourth-order valence-electron chi connectivity index (χ4n) is 3.60. The number of fused-ring (bicyclic) bond motifs is 2. The molecule has 8 heteroatoms. The molecule has 8 nitrogen and oxygen atoms in total. The molecule has 0 radical (unpaired) electrons. The lowest BCUT2D eigenvalue weighted by molar-refractivity contribution is -0.384. The summed E-state index contributed by atoms with van der Waals surface area (Å²) < 4.78 is 5.46. The Morgan fingerprint density at radius 2 is 2.08 bits per heavy atom. The zero-order chi connectivity index (χ0) is 18.4. The number of amides is 1. The van der Waals surface area contributed by atoms with Crippen molar-refractivity contribution in [3.05, 3.63) is 33.9 Å². The minimum Gasteiger partial charge on any atom is -0.444 e. The molecule has 2 unspecified atom stereocenters. The molecule has 1 aromatic rings. The van der Waals surface area contributed by atoms with E-state index < -0.39 is 10.5 Å².